The molecule has 23 heavy (non-hydrogen) atoms. The van der Waals surface area contributed by atoms with Gasteiger partial charge >= 0.3 is 0 Å². The van der Waals surface area contributed by atoms with Crippen LogP contribution >= 0.6 is 0 Å². The van der Waals surface area contributed by atoms with Crippen molar-refractivity contribution < 1.29 is 0 Å². The third kappa shape index (κ3) is 4.61. The van der Waals surface area contributed by atoms with E-state index in [9.17, 15) is 0 Å². The molecule has 0 heteroatoms. The van der Waals surface area contributed by atoms with Crippen LogP contribution < -0.4 is 0 Å². The molecule has 2 aliphatic rings. The first-order valence-corrected chi connectivity index (χ1v) is 10.3. The average Bonchev–Trinajstić information content (AvgIpc) is 2.63. The molecule has 0 bridgehead atoms. The van der Waals surface area contributed by atoms with Gasteiger partial charge in [0.15, 0.2) is 0 Å². The fraction of sp³-hybridized carbons (Fsp3) is 0.739. The van der Waals surface area contributed by atoms with Crippen LogP contribution in [-0.4, -0.2) is 0 Å². The van der Waals surface area contributed by atoms with Gasteiger partial charge in [-0.1, -0.05) is 76.6 Å². The van der Waals surface area contributed by atoms with E-state index in [1.165, 1.54) is 76.2 Å². The molecule has 2 saturated carbocycles. The van der Waals surface area contributed by atoms with E-state index in [0.717, 1.165) is 23.7 Å². The molecule has 128 valence electrons. The van der Waals surface area contributed by atoms with Gasteiger partial charge in [0.2, 0.25) is 0 Å². The Balaban J connectivity index is 1.51. The molecule has 0 radical (unpaired) electrons. The topological polar surface area (TPSA) is 0 Å². The van der Waals surface area contributed by atoms with E-state index >= 15 is 0 Å². The second-order valence-corrected chi connectivity index (χ2v) is 8.47. The number of benzene rings is 1. The highest BCUT2D eigenvalue weighted by Gasteiger charge is 2.28. The van der Waals surface area contributed by atoms with Crippen LogP contribution in [0.25, 0.3) is 0 Å². The second-order valence-electron chi connectivity index (χ2n) is 8.47. The monoisotopic (exact) mass is 312 g/mol. The lowest BCUT2D eigenvalue weighted by Crippen LogP contribution is -2.23. The van der Waals surface area contributed by atoms with Crippen molar-refractivity contribution in [2.45, 2.75) is 90.4 Å². The van der Waals surface area contributed by atoms with E-state index in [1.54, 1.807) is 5.56 Å². The van der Waals surface area contributed by atoms with Crippen LogP contribution in [-0.2, 0) is 6.42 Å². The van der Waals surface area contributed by atoms with Gasteiger partial charge in [0, 0.05) is 0 Å². The second kappa shape index (κ2) is 8.36. The summed E-state index contributed by atoms with van der Waals surface area (Å²) in [5, 5.41) is 0. The van der Waals surface area contributed by atoms with Crippen molar-refractivity contribution in [3.05, 3.63) is 35.4 Å². The van der Waals surface area contributed by atoms with Crippen LogP contribution in [0, 0.1) is 17.8 Å². The van der Waals surface area contributed by atoms with Crippen LogP contribution in [0.15, 0.2) is 24.3 Å². The summed E-state index contributed by atoms with van der Waals surface area (Å²) in [6, 6.07) is 9.66. The minimum Gasteiger partial charge on any atom is -0.0651 e. The van der Waals surface area contributed by atoms with Gasteiger partial charge in [-0.25, -0.2) is 0 Å². The van der Waals surface area contributed by atoms with Gasteiger partial charge in [-0.05, 0) is 66.9 Å². The Bertz CT molecular complexity index is 443. The predicted octanol–water partition coefficient (Wildman–Crippen LogP) is 7.13. The molecule has 0 N–H and O–H groups in total. The maximum absolute atomic E-state index is 2.43. The summed E-state index contributed by atoms with van der Waals surface area (Å²) < 4.78 is 0. The van der Waals surface area contributed by atoms with Crippen LogP contribution in [0.4, 0.5) is 0 Å². The molecule has 0 nitrogen and oxygen atoms in total. The predicted molar refractivity (Wildman–Crippen MR) is 101 cm³/mol. The van der Waals surface area contributed by atoms with Crippen molar-refractivity contribution in [2.75, 3.05) is 0 Å². The maximum atomic E-state index is 2.43. The summed E-state index contributed by atoms with van der Waals surface area (Å²) in [5.74, 6) is 3.78. The molecule has 2 aliphatic carbocycles. The first-order chi connectivity index (χ1) is 11.3. The van der Waals surface area contributed by atoms with Crippen LogP contribution in [0.2, 0.25) is 0 Å². The number of hydrogen-bond donors (Lipinski definition) is 0. The van der Waals surface area contributed by atoms with Gasteiger partial charge < -0.3 is 0 Å². The molecule has 0 heterocycles. The minimum atomic E-state index is 0.812. The van der Waals surface area contributed by atoms with Crippen molar-refractivity contribution in [1.29, 1.82) is 0 Å². The molecular weight excluding hydrogens is 276 g/mol. The van der Waals surface area contributed by atoms with Crippen molar-refractivity contribution in [3.8, 4) is 0 Å². The highest BCUT2D eigenvalue weighted by Crippen LogP contribution is 2.42. The van der Waals surface area contributed by atoms with Crippen LogP contribution in [0.1, 0.15) is 95.1 Å². The summed E-state index contributed by atoms with van der Waals surface area (Å²) in [4.78, 5) is 0. The number of rotatable bonds is 5. The first kappa shape index (κ1) is 17.1. The van der Waals surface area contributed by atoms with Crippen LogP contribution in [0.5, 0.6) is 0 Å². The van der Waals surface area contributed by atoms with Gasteiger partial charge in [0.05, 0.1) is 0 Å². The van der Waals surface area contributed by atoms with Crippen molar-refractivity contribution in [1.82, 2.24) is 0 Å². The highest BCUT2D eigenvalue weighted by atomic mass is 14.3. The average molecular weight is 313 g/mol. The van der Waals surface area contributed by atoms with E-state index in [1.807, 2.05) is 0 Å². The Hall–Kier alpha value is -0.780. The lowest BCUT2D eigenvalue weighted by atomic mass is 9.70. The molecule has 1 aromatic carbocycles. The Morgan fingerprint density at radius 3 is 2.04 bits per heavy atom. The smallest absolute Gasteiger partial charge is 0.0162 e. The highest BCUT2D eigenvalue weighted by molar-refractivity contribution is 5.26. The van der Waals surface area contributed by atoms with Crippen LogP contribution in [0.3, 0.4) is 0 Å². The molecule has 1 atom stereocenters. The standard InChI is InChI=1S/C23H36/c1-3-18(2)17-19-9-11-21(12-10-19)23-15-13-22(14-16-23)20-7-5-4-6-8-20/h9-12,18,20,22-23H,3-8,13-17H2,1-2H3. The third-order valence-corrected chi connectivity index (χ3v) is 6.82. The molecule has 0 spiro atoms. The van der Waals surface area contributed by atoms with Crippen molar-refractivity contribution >= 4 is 0 Å². The molecule has 3 rings (SSSR count). The third-order valence-electron chi connectivity index (χ3n) is 6.82. The van der Waals surface area contributed by atoms with E-state index < -0.39 is 0 Å². The Morgan fingerprint density at radius 1 is 0.826 bits per heavy atom. The van der Waals surface area contributed by atoms with Gasteiger partial charge in [-0.15, -0.1) is 0 Å². The van der Waals surface area contributed by atoms with E-state index in [-0.39, 0.29) is 0 Å². The summed E-state index contributed by atoms with van der Waals surface area (Å²) in [7, 11) is 0. The minimum absolute atomic E-state index is 0.812. The van der Waals surface area contributed by atoms with Crippen molar-refractivity contribution in [2.24, 2.45) is 17.8 Å². The maximum Gasteiger partial charge on any atom is -0.0162 e. The zero-order valence-corrected chi connectivity index (χ0v) is 15.4. The lowest BCUT2D eigenvalue weighted by Gasteiger charge is -2.36. The van der Waals surface area contributed by atoms with E-state index in [2.05, 4.69) is 38.1 Å². The SMILES string of the molecule is CCC(C)Cc1ccc(C2CCC(C3CCCCC3)CC2)cc1. The largest absolute Gasteiger partial charge is 0.0651 e. The zero-order chi connectivity index (χ0) is 16.1. The molecule has 0 saturated heterocycles. The summed E-state index contributed by atoms with van der Waals surface area (Å²) in [5.41, 5.74) is 3.14. The fourth-order valence-corrected chi connectivity index (χ4v) is 5.00. The zero-order valence-electron chi connectivity index (χ0n) is 15.4. The fourth-order valence-electron chi connectivity index (χ4n) is 5.00. The van der Waals surface area contributed by atoms with Crippen molar-refractivity contribution in [3.63, 3.8) is 0 Å². The molecular formula is C23H36. The van der Waals surface area contributed by atoms with Gasteiger partial charge in [-0.2, -0.15) is 0 Å². The summed E-state index contributed by atoms with van der Waals surface area (Å²) in [6.07, 6.45) is 15.9. The molecule has 0 aliphatic heterocycles. The molecule has 0 amide bonds. The summed E-state index contributed by atoms with van der Waals surface area (Å²) >= 11 is 0. The normalized spacial score (nSPS) is 27.7. The quantitative estimate of drug-likeness (QED) is 0.542. The number of hydrogen-bond acceptors (Lipinski definition) is 0. The Kier molecular flexibility index (Phi) is 6.20. The Morgan fingerprint density at radius 2 is 1.43 bits per heavy atom. The molecule has 2 fully saturated rings. The molecule has 1 unspecified atom stereocenters. The van der Waals surface area contributed by atoms with E-state index in [4.69, 9.17) is 0 Å². The molecule has 1 aromatic rings. The first-order valence-electron chi connectivity index (χ1n) is 10.3. The van der Waals surface area contributed by atoms with E-state index in [0.29, 0.717) is 0 Å². The molecule has 0 aromatic heterocycles. The van der Waals surface area contributed by atoms with Gasteiger partial charge in [0.1, 0.15) is 0 Å². The van der Waals surface area contributed by atoms with Gasteiger partial charge in [0.25, 0.3) is 0 Å². The Labute approximate surface area is 144 Å². The lowest BCUT2D eigenvalue weighted by molar-refractivity contribution is 0.186. The summed E-state index contributed by atoms with van der Waals surface area (Å²) in [6.45, 7) is 4.66. The van der Waals surface area contributed by atoms with Gasteiger partial charge in [-0.3, -0.25) is 0 Å².